The fourth-order valence-electron chi connectivity index (χ4n) is 4.11. The number of rotatable bonds is 5. The summed E-state index contributed by atoms with van der Waals surface area (Å²) in [6, 6.07) is 4.02. The van der Waals surface area contributed by atoms with Crippen LogP contribution in [0.2, 0.25) is 0 Å². The van der Waals surface area contributed by atoms with Gasteiger partial charge in [-0.3, -0.25) is 14.4 Å². The number of aryl methyl sites for hydroxylation is 4. The Hall–Kier alpha value is -2.41. The van der Waals surface area contributed by atoms with E-state index in [1.165, 1.54) is 6.20 Å². The molecule has 1 aliphatic rings. The van der Waals surface area contributed by atoms with Crippen LogP contribution in [0.5, 0.6) is 0 Å². The Morgan fingerprint density at radius 1 is 1.17 bits per heavy atom. The minimum absolute atomic E-state index is 0.0319. The first kappa shape index (κ1) is 21.3. The van der Waals surface area contributed by atoms with E-state index in [0.29, 0.717) is 23.3 Å². The maximum atomic E-state index is 13.0. The number of benzene rings is 1. The van der Waals surface area contributed by atoms with Crippen molar-refractivity contribution in [2.24, 2.45) is 5.92 Å². The molecule has 1 fully saturated rings. The van der Waals surface area contributed by atoms with Gasteiger partial charge in [-0.25, -0.2) is 9.97 Å². The summed E-state index contributed by atoms with van der Waals surface area (Å²) in [4.78, 5) is 46.2. The van der Waals surface area contributed by atoms with E-state index in [4.69, 9.17) is 0 Å². The minimum atomic E-state index is -0.685. The molecule has 0 spiro atoms. The second-order valence-electron chi connectivity index (χ2n) is 7.67. The number of amides is 1. The van der Waals surface area contributed by atoms with E-state index in [9.17, 15) is 14.4 Å². The SMILES string of the molecule is Cc1cc(C)c(C2C(=O)CC(CCNC(=O)c3nc(C)ncc3Br)C2=O)c(C)c1. The van der Waals surface area contributed by atoms with E-state index in [2.05, 4.69) is 31.2 Å². The highest BCUT2D eigenvalue weighted by Crippen LogP contribution is 2.37. The van der Waals surface area contributed by atoms with Gasteiger partial charge in [-0.05, 0) is 66.7 Å². The summed E-state index contributed by atoms with van der Waals surface area (Å²) < 4.78 is 0.512. The molecule has 1 aromatic carbocycles. The molecule has 3 rings (SSSR count). The molecule has 1 amide bonds. The van der Waals surface area contributed by atoms with Gasteiger partial charge in [-0.1, -0.05) is 17.7 Å². The summed E-state index contributed by atoms with van der Waals surface area (Å²) in [5.41, 5.74) is 4.18. The van der Waals surface area contributed by atoms with Crippen LogP contribution in [0.1, 0.15) is 57.3 Å². The van der Waals surface area contributed by atoms with E-state index in [0.717, 1.165) is 22.3 Å². The Kier molecular flexibility index (Phi) is 6.27. The summed E-state index contributed by atoms with van der Waals surface area (Å²) in [5, 5.41) is 2.79. The predicted molar refractivity (Wildman–Crippen MR) is 113 cm³/mol. The Labute approximate surface area is 178 Å². The number of carbonyl (C=O) groups excluding carboxylic acids is 3. The molecule has 2 unspecified atom stereocenters. The maximum absolute atomic E-state index is 13.0. The number of Topliss-reactive ketones (excluding diaryl/α,β-unsaturated/α-hetero) is 2. The minimum Gasteiger partial charge on any atom is -0.351 e. The average molecular weight is 458 g/mol. The Morgan fingerprint density at radius 2 is 1.83 bits per heavy atom. The summed E-state index contributed by atoms with van der Waals surface area (Å²) in [6.07, 6.45) is 2.19. The third-order valence-corrected chi connectivity index (χ3v) is 5.92. The lowest BCUT2D eigenvalue weighted by molar-refractivity contribution is -0.124. The van der Waals surface area contributed by atoms with Crippen molar-refractivity contribution < 1.29 is 14.4 Å². The molecular weight excluding hydrogens is 434 g/mol. The molecule has 7 heteroatoms. The lowest BCUT2D eigenvalue weighted by Gasteiger charge is -2.16. The van der Waals surface area contributed by atoms with Gasteiger partial charge in [0.05, 0.1) is 4.47 Å². The lowest BCUT2D eigenvalue weighted by atomic mass is 9.86. The fraction of sp³-hybridized carbons (Fsp3) is 0.409. The van der Waals surface area contributed by atoms with Crippen LogP contribution in [0.15, 0.2) is 22.8 Å². The number of nitrogens with one attached hydrogen (secondary N) is 1. The first-order chi connectivity index (χ1) is 13.7. The quantitative estimate of drug-likeness (QED) is 0.693. The van der Waals surface area contributed by atoms with Crippen molar-refractivity contribution in [1.29, 1.82) is 0 Å². The van der Waals surface area contributed by atoms with Gasteiger partial charge in [-0.15, -0.1) is 0 Å². The van der Waals surface area contributed by atoms with Crippen LogP contribution in [0.3, 0.4) is 0 Å². The predicted octanol–water partition coefficient (Wildman–Crippen LogP) is 3.53. The molecule has 0 bridgehead atoms. The van der Waals surface area contributed by atoms with Crippen molar-refractivity contribution in [3.8, 4) is 0 Å². The molecule has 2 atom stereocenters. The number of carbonyl (C=O) groups is 3. The smallest absolute Gasteiger partial charge is 0.271 e. The molecule has 1 aromatic heterocycles. The van der Waals surface area contributed by atoms with Crippen LogP contribution in [-0.4, -0.2) is 34.0 Å². The Balaban J connectivity index is 1.67. The molecule has 1 heterocycles. The zero-order valence-corrected chi connectivity index (χ0v) is 18.6. The topological polar surface area (TPSA) is 89.0 Å². The summed E-state index contributed by atoms with van der Waals surface area (Å²) >= 11 is 3.27. The van der Waals surface area contributed by atoms with Crippen LogP contribution in [0.4, 0.5) is 0 Å². The van der Waals surface area contributed by atoms with Crippen molar-refractivity contribution in [3.63, 3.8) is 0 Å². The molecule has 152 valence electrons. The van der Waals surface area contributed by atoms with Crippen LogP contribution in [0, 0.1) is 33.6 Å². The average Bonchev–Trinajstić information content (AvgIpc) is 2.91. The number of nitrogens with zero attached hydrogens (tertiary/aromatic N) is 2. The first-order valence-corrected chi connectivity index (χ1v) is 10.4. The van der Waals surface area contributed by atoms with Crippen LogP contribution >= 0.6 is 15.9 Å². The second-order valence-corrected chi connectivity index (χ2v) is 8.53. The van der Waals surface area contributed by atoms with E-state index in [1.807, 2.05) is 32.9 Å². The lowest BCUT2D eigenvalue weighted by Crippen LogP contribution is -2.28. The summed E-state index contributed by atoms with van der Waals surface area (Å²) in [6.45, 7) is 7.92. The Morgan fingerprint density at radius 3 is 2.48 bits per heavy atom. The molecular formula is C22H24BrN3O3. The van der Waals surface area contributed by atoms with E-state index >= 15 is 0 Å². The molecule has 0 saturated heterocycles. The zero-order valence-electron chi connectivity index (χ0n) is 17.0. The van der Waals surface area contributed by atoms with Gasteiger partial charge in [0.1, 0.15) is 23.2 Å². The number of hydrogen-bond acceptors (Lipinski definition) is 5. The fourth-order valence-corrected chi connectivity index (χ4v) is 4.48. The van der Waals surface area contributed by atoms with Gasteiger partial charge in [0.15, 0.2) is 5.78 Å². The highest BCUT2D eigenvalue weighted by atomic mass is 79.9. The zero-order chi connectivity index (χ0) is 21.3. The van der Waals surface area contributed by atoms with Gasteiger partial charge in [0, 0.05) is 25.1 Å². The van der Waals surface area contributed by atoms with Gasteiger partial charge < -0.3 is 5.32 Å². The largest absolute Gasteiger partial charge is 0.351 e. The van der Waals surface area contributed by atoms with Crippen LogP contribution in [-0.2, 0) is 9.59 Å². The van der Waals surface area contributed by atoms with Crippen molar-refractivity contribution in [1.82, 2.24) is 15.3 Å². The van der Waals surface area contributed by atoms with Crippen molar-refractivity contribution >= 4 is 33.4 Å². The van der Waals surface area contributed by atoms with Crippen LogP contribution in [0.25, 0.3) is 0 Å². The molecule has 1 aliphatic carbocycles. The summed E-state index contributed by atoms with van der Waals surface area (Å²) in [7, 11) is 0. The van der Waals surface area contributed by atoms with Crippen LogP contribution < -0.4 is 5.32 Å². The molecule has 0 aliphatic heterocycles. The number of hydrogen-bond donors (Lipinski definition) is 1. The highest BCUT2D eigenvalue weighted by Gasteiger charge is 2.42. The first-order valence-electron chi connectivity index (χ1n) is 9.60. The third-order valence-electron chi connectivity index (χ3n) is 5.34. The Bertz CT molecular complexity index is 980. The number of aromatic nitrogens is 2. The normalized spacial score (nSPS) is 18.9. The monoisotopic (exact) mass is 457 g/mol. The third kappa shape index (κ3) is 4.45. The maximum Gasteiger partial charge on any atom is 0.271 e. The van der Waals surface area contributed by atoms with E-state index in [1.54, 1.807) is 6.92 Å². The van der Waals surface area contributed by atoms with E-state index < -0.39 is 5.92 Å². The molecule has 1 saturated carbocycles. The van der Waals surface area contributed by atoms with Gasteiger partial charge in [0.2, 0.25) is 0 Å². The molecule has 29 heavy (non-hydrogen) atoms. The van der Waals surface area contributed by atoms with Crippen molar-refractivity contribution in [2.75, 3.05) is 6.54 Å². The van der Waals surface area contributed by atoms with Gasteiger partial charge in [-0.2, -0.15) is 0 Å². The second kappa shape index (κ2) is 8.53. The highest BCUT2D eigenvalue weighted by molar-refractivity contribution is 9.10. The van der Waals surface area contributed by atoms with Gasteiger partial charge >= 0.3 is 0 Å². The molecule has 6 nitrogen and oxygen atoms in total. The number of halogens is 1. The van der Waals surface area contributed by atoms with Gasteiger partial charge in [0.25, 0.3) is 5.91 Å². The number of ketones is 2. The molecule has 0 radical (unpaired) electrons. The molecule has 1 N–H and O–H groups in total. The standard InChI is InChI=1S/C22H24BrN3O3/c1-11-7-12(2)18(13(3)8-11)19-17(27)9-15(21(19)28)5-6-24-22(29)20-16(23)10-25-14(4)26-20/h7-8,10,15,19H,5-6,9H2,1-4H3,(H,24,29). The summed E-state index contributed by atoms with van der Waals surface area (Å²) in [5.74, 6) is -0.963. The molecule has 2 aromatic rings. The van der Waals surface area contributed by atoms with E-state index in [-0.39, 0.29) is 35.5 Å². The van der Waals surface area contributed by atoms with Crippen molar-refractivity contribution in [3.05, 3.63) is 56.6 Å². The van der Waals surface area contributed by atoms with Crippen molar-refractivity contribution in [2.45, 2.75) is 46.5 Å².